The van der Waals surface area contributed by atoms with E-state index >= 15 is 0 Å². The highest BCUT2D eigenvalue weighted by Crippen LogP contribution is 2.06. The molecule has 0 radical (unpaired) electrons. The molecule has 0 unspecified atom stereocenters. The molecular weight excluding hydrogens is 318 g/mol. The Kier molecular flexibility index (Phi) is 8.21. The number of ether oxygens (including phenoxy) is 1. The van der Waals surface area contributed by atoms with Gasteiger partial charge in [-0.15, -0.1) is 0 Å². The quantitative estimate of drug-likeness (QED) is 0.493. The van der Waals surface area contributed by atoms with E-state index in [1.807, 2.05) is 25.1 Å². The summed E-state index contributed by atoms with van der Waals surface area (Å²) >= 11 is 0. The monoisotopic (exact) mass is 347 g/mol. The van der Waals surface area contributed by atoms with Crippen molar-refractivity contribution in [1.82, 2.24) is 20.9 Å². The Morgan fingerprint density at radius 2 is 2.08 bits per heavy atom. The van der Waals surface area contributed by atoms with Crippen LogP contribution in [0.25, 0.3) is 0 Å². The Balaban J connectivity index is 1.86. The minimum atomic E-state index is -0.0821. The van der Waals surface area contributed by atoms with Gasteiger partial charge in [0.25, 0.3) is 5.91 Å². The first-order chi connectivity index (χ1) is 12.2. The summed E-state index contributed by atoms with van der Waals surface area (Å²) < 4.78 is 5.36. The molecule has 3 N–H and O–H groups in total. The van der Waals surface area contributed by atoms with Crippen molar-refractivity contribution in [2.45, 2.75) is 13.5 Å². The number of benzene rings is 1. The molecule has 1 aromatic carbocycles. The number of morpholine rings is 1. The number of amides is 1. The van der Waals surface area contributed by atoms with Crippen LogP contribution >= 0.6 is 0 Å². The molecule has 0 spiro atoms. The third kappa shape index (κ3) is 6.72. The van der Waals surface area contributed by atoms with Gasteiger partial charge >= 0.3 is 0 Å². The van der Waals surface area contributed by atoms with Crippen LogP contribution in [0.1, 0.15) is 22.8 Å². The lowest BCUT2D eigenvalue weighted by Crippen LogP contribution is -2.44. The van der Waals surface area contributed by atoms with Crippen LogP contribution in [0.4, 0.5) is 0 Å². The maximum absolute atomic E-state index is 11.7. The zero-order valence-electron chi connectivity index (χ0n) is 15.2. The summed E-state index contributed by atoms with van der Waals surface area (Å²) in [6.45, 7) is 8.80. The van der Waals surface area contributed by atoms with Crippen molar-refractivity contribution in [2.24, 2.45) is 4.99 Å². The van der Waals surface area contributed by atoms with Crippen molar-refractivity contribution in [3.63, 3.8) is 0 Å². The smallest absolute Gasteiger partial charge is 0.251 e. The lowest BCUT2D eigenvalue weighted by Gasteiger charge is -2.26. The molecule has 2 rings (SSSR count). The van der Waals surface area contributed by atoms with Crippen LogP contribution in [0.3, 0.4) is 0 Å². The molecule has 1 aliphatic rings. The van der Waals surface area contributed by atoms with Gasteiger partial charge < -0.3 is 20.7 Å². The minimum absolute atomic E-state index is 0.0821. The van der Waals surface area contributed by atoms with E-state index < -0.39 is 0 Å². The van der Waals surface area contributed by atoms with Crippen LogP contribution in [0.5, 0.6) is 0 Å². The Morgan fingerprint density at radius 1 is 1.28 bits per heavy atom. The molecule has 138 valence electrons. The maximum Gasteiger partial charge on any atom is 0.251 e. The van der Waals surface area contributed by atoms with Crippen molar-refractivity contribution < 1.29 is 9.53 Å². The zero-order chi connectivity index (χ0) is 17.9. The molecule has 0 aliphatic carbocycles. The van der Waals surface area contributed by atoms with Crippen molar-refractivity contribution >= 4 is 11.9 Å². The lowest BCUT2D eigenvalue weighted by molar-refractivity contribution is 0.0389. The highest BCUT2D eigenvalue weighted by molar-refractivity contribution is 5.94. The summed E-state index contributed by atoms with van der Waals surface area (Å²) in [5.74, 6) is 0.711. The summed E-state index contributed by atoms with van der Waals surface area (Å²) in [6.07, 6.45) is 0. The fourth-order valence-electron chi connectivity index (χ4n) is 2.62. The third-order valence-corrected chi connectivity index (χ3v) is 4.00. The number of carbonyl (C=O) groups is 1. The van der Waals surface area contributed by atoms with E-state index in [2.05, 4.69) is 25.8 Å². The molecule has 1 aromatic rings. The third-order valence-electron chi connectivity index (χ3n) is 4.00. The van der Waals surface area contributed by atoms with Crippen LogP contribution in [0, 0.1) is 0 Å². The molecule has 7 heteroatoms. The Morgan fingerprint density at radius 3 is 2.80 bits per heavy atom. The number of rotatable bonds is 7. The first kappa shape index (κ1) is 19.2. The first-order valence-electron chi connectivity index (χ1n) is 8.86. The minimum Gasteiger partial charge on any atom is -0.379 e. The van der Waals surface area contributed by atoms with Crippen molar-refractivity contribution in [2.75, 3.05) is 53.0 Å². The fourth-order valence-corrected chi connectivity index (χ4v) is 2.62. The summed E-state index contributed by atoms with van der Waals surface area (Å²) in [5, 5.41) is 9.26. The van der Waals surface area contributed by atoms with E-state index in [0.717, 1.165) is 57.5 Å². The molecule has 0 saturated carbocycles. The van der Waals surface area contributed by atoms with Gasteiger partial charge in [0.1, 0.15) is 0 Å². The van der Waals surface area contributed by atoms with Crippen molar-refractivity contribution in [3.8, 4) is 0 Å². The van der Waals surface area contributed by atoms with Crippen LogP contribution in [-0.4, -0.2) is 69.8 Å². The highest BCUT2D eigenvalue weighted by Gasteiger charge is 2.09. The molecule has 1 heterocycles. The van der Waals surface area contributed by atoms with Crippen LogP contribution in [0.2, 0.25) is 0 Å². The average molecular weight is 347 g/mol. The summed E-state index contributed by atoms with van der Waals surface area (Å²) in [4.78, 5) is 18.7. The van der Waals surface area contributed by atoms with Crippen molar-refractivity contribution in [1.29, 1.82) is 0 Å². The summed E-state index contributed by atoms with van der Waals surface area (Å²) in [7, 11) is 1.63. The number of guanidine groups is 1. The van der Waals surface area contributed by atoms with Gasteiger partial charge in [0.2, 0.25) is 0 Å². The second kappa shape index (κ2) is 10.7. The molecule has 0 aromatic heterocycles. The number of hydrogen-bond donors (Lipinski definition) is 3. The Hall–Kier alpha value is -2.12. The lowest BCUT2D eigenvalue weighted by atomic mass is 10.1. The normalized spacial score (nSPS) is 15.7. The predicted molar refractivity (Wildman–Crippen MR) is 99.9 cm³/mol. The molecule has 7 nitrogen and oxygen atoms in total. The molecule has 1 fully saturated rings. The predicted octanol–water partition coefficient (Wildman–Crippen LogP) is 0.434. The second-order valence-electron chi connectivity index (χ2n) is 5.86. The van der Waals surface area contributed by atoms with Crippen molar-refractivity contribution in [3.05, 3.63) is 35.4 Å². The standard InChI is InChI=1S/C18H29N5O2/c1-3-20-18(21-7-8-23-9-11-25-12-10-23)22-14-15-5-4-6-16(13-15)17(24)19-2/h4-6,13H,3,7-12,14H2,1-2H3,(H,19,24)(H2,20,21,22). The fraction of sp³-hybridized carbons (Fsp3) is 0.556. The van der Waals surface area contributed by atoms with Gasteiger partial charge in [0.15, 0.2) is 5.96 Å². The topological polar surface area (TPSA) is 78.0 Å². The molecule has 0 bridgehead atoms. The van der Waals surface area contributed by atoms with Gasteiger partial charge in [-0.05, 0) is 24.6 Å². The van der Waals surface area contributed by atoms with E-state index in [-0.39, 0.29) is 5.91 Å². The molecule has 0 atom stereocenters. The van der Waals surface area contributed by atoms with Gasteiger partial charge in [-0.3, -0.25) is 9.69 Å². The Labute approximate surface area is 149 Å². The number of aliphatic imine (C=N–C) groups is 1. The molecule has 25 heavy (non-hydrogen) atoms. The summed E-state index contributed by atoms with van der Waals surface area (Å²) in [6, 6.07) is 7.54. The number of hydrogen-bond acceptors (Lipinski definition) is 4. The first-order valence-corrected chi connectivity index (χ1v) is 8.86. The van der Waals surface area contributed by atoms with Gasteiger partial charge in [-0.25, -0.2) is 4.99 Å². The van der Waals surface area contributed by atoms with Gasteiger partial charge in [-0.2, -0.15) is 0 Å². The average Bonchev–Trinajstić information content (AvgIpc) is 2.66. The van der Waals surface area contributed by atoms with Gasteiger partial charge in [0, 0.05) is 45.3 Å². The van der Waals surface area contributed by atoms with E-state index in [9.17, 15) is 4.79 Å². The van der Waals surface area contributed by atoms with E-state index in [1.165, 1.54) is 0 Å². The molecule has 1 saturated heterocycles. The molecular formula is C18H29N5O2. The van der Waals surface area contributed by atoms with Crippen LogP contribution < -0.4 is 16.0 Å². The Bertz CT molecular complexity index is 570. The largest absolute Gasteiger partial charge is 0.379 e. The number of nitrogens with one attached hydrogen (secondary N) is 3. The second-order valence-corrected chi connectivity index (χ2v) is 5.86. The maximum atomic E-state index is 11.7. The summed E-state index contributed by atoms with van der Waals surface area (Å²) in [5.41, 5.74) is 1.66. The zero-order valence-corrected chi connectivity index (χ0v) is 15.2. The highest BCUT2D eigenvalue weighted by atomic mass is 16.5. The van der Waals surface area contributed by atoms with E-state index in [4.69, 9.17) is 4.74 Å². The van der Waals surface area contributed by atoms with E-state index in [0.29, 0.717) is 12.1 Å². The SMILES string of the molecule is CCNC(=NCc1cccc(C(=O)NC)c1)NCCN1CCOCC1. The van der Waals surface area contributed by atoms with Crippen LogP contribution in [0.15, 0.2) is 29.3 Å². The molecule has 1 amide bonds. The molecule has 1 aliphatic heterocycles. The number of carbonyl (C=O) groups excluding carboxylic acids is 1. The van der Waals surface area contributed by atoms with Crippen LogP contribution in [-0.2, 0) is 11.3 Å². The number of nitrogens with zero attached hydrogens (tertiary/aromatic N) is 2. The van der Waals surface area contributed by atoms with E-state index in [1.54, 1.807) is 13.1 Å². The van der Waals surface area contributed by atoms with Gasteiger partial charge in [0.05, 0.1) is 19.8 Å². The van der Waals surface area contributed by atoms with Gasteiger partial charge in [-0.1, -0.05) is 12.1 Å².